The monoisotopic (exact) mass is 247 g/mol. The van der Waals surface area contributed by atoms with Crippen LogP contribution in [0.5, 0.6) is 0 Å². The van der Waals surface area contributed by atoms with Crippen molar-refractivity contribution in [1.29, 1.82) is 0 Å². The van der Waals surface area contributed by atoms with Crippen molar-refractivity contribution in [2.24, 2.45) is 41.2 Å². The Morgan fingerprint density at radius 2 is 1.39 bits per heavy atom. The van der Waals surface area contributed by atoms with Gasteiger partial charge in [0, 0.05) is 6.04 Å². The molecular formula is C17H29N. The Kier molecular flexibility index (Phi) is 2.94. The first kappa shape index (κ1) is 11.8. The molecule has 0 radical (unpaired) electrons. The second-order valence-corrected chi connectivity index (χ2v) is 8.04. The average Bonchev–Trinajstić information content (AvgIpc) is 2.86. The number of nitrogens with two attached hydrogens (primary N) is 1. The highest BCUT2D eigenvalue weighted by Gasteiger charge is 2.48. The maximum absolute atomic E-state index is 6.56. The van der Waals surface area contributed by atoms with Crippen molar-refractivity contribution in [1.82, 2.24) is 0 Å². The van der Waals surface area contributed by atoms with E-state index in [9.17, 15) is 0 Å². The largest absolute Gasteiger partial charge is 0.327 e. The lowest BCUT2D eigenvalue weighted by molar-refractivity contribution is -0.0437. The van der Waals surface area contributed by atoms with Gasteiger partial charge < -0.3 is 5.73 Å². The molecule has 1 atom stereocenters. The summed E-state index contributed by atoms with van der Waals surface area (Å²) in [4.78, 5) is 0. The van der Waals surface area contributed by atoms with E-state index in [0.717, 1.165) is 35.5 Å². The Morgan fingerprint density at radius 3 is 1.94 bits per heavy atom. The minimum Gasteiger partial charge on any atom is -0.327 e. The van der Waals surface area contributed by atoms with Gasteiger partial charge in [0.25, 0.3) is 0 Å². The molecule has 5 aliphatic rings. The van der Waals surface area contributed by atoms with Crippen molar-refractivity contribution in [3.8, 4) is 0 Å². The van der Waals surface area contributed by atoms with Crippen LogP contribution in [-0.4, -0.2) is 6.04 Å². The summed E-state index contributed by atoms with van der Waals surface area (Å²) in [5.41, 5.74) is 6.56. The van der Waals surface area contributed by atoms with Crippen LogP contribution in [-0.2, 0) is 0 Å². The molecule has 5 aliphatic carbocycles. The van der Waals surface area contributed by atoms with E-state index in [2.05, 4.69) is 0 Å². The summed E-state index contributed by atoms with van der Waals surface area (Å²) in [5.74, 6) is 6.29. The van der Waals surface area contributed by atoms with E-state index in [0.29, 0.717) is 6.04 Å². The molecule has 0 spiro atoms. The highest BCUT2D eigenvalue weighted by Crippen LogP contribution is 2.57. The van der Waals surface area contributed by atoms with E-state index in [-0.39, 0.29) is 0 Å². The first-order valence-electron chi connectivity index (χ1n) is 8.55. The van der Waals surface area contributed by atoms with Gasteiger partial charge >= 0.3 is 0 Å². The lowest BCUT2D eigenvalue weighted by Crippen LogP contribution is -2.47. The highest BCUT2D eigenvalue weighted by molar-refractivity contribution is 4.99. The number of rotatable bonds is 3. The van der Waals surface area contributed by atoms with E-state index in [4.69, 9.17) is 5.73 Å². The summed E-state index contributed by atoms with van der Waals surface area (Å²) in [6, 6.07) is 0.537. The molecule has 0 heterocycles. The van der Waals surface area contributed by atoms with Crippen LogP contribution >= 0.6 is 0 Å². The standard InChI is InChI=1S/C17H29N/c18-17(13-3-1-2-4-13)10-16-14-6-11-5-12(8-14)9-15(16)7-11/h11-17H,1-10,18H2. The Labute approximate surface area is 112 Å². The molecule has 1 unspecified atom stereocenters. The van der Waals surface area contributed by atoms with Gasteiger partial charge in [-0.15, -0.1) is 0 Å². The molecule has 2 N–H and O–H groups in total. The van der Waals surface area contributed by atoms with Crippen LogP contribution in [0, 0.1) is 35.5 Å². The summed E-state index contributed by atoms with van der Waals surface area (Å²) in [6.45, 7) is 0. The van der Waals surface area contributed by atoms with Crippen LogP contribution in [0.4, 0.5) is 0 Å². The van der Waals surface area contributed by atoms with Crippen LogP contribution in [0.1, 0.15) is 64.2 Å². The van der Waals surface area contributed by atoms with E-state index in [1.165, 1.54) is 32.1 Å². The maximum Gasteiger partial charge on any atom is 0.00700 e. The molecule has 4 bridgehead atoms. The molecule has 102 valence electrons. The maximum atomic E-state index is 6.56. The fourth-order valence-electron chi connectivity index (χ4n) is 6.32. The molecule has 1 nitrogen and oxygen atoms in total. The number of hydrogen-bond donors (Lipinski definition) is 1. The predicted molar refractivity (Wildman–Crippen MR) is 75.1 cm³/mol. The predicted octanol–water partition coefficient (Wildman–Crippen LogP) is 3.97. The van der Waals surface area contributed by atoms with Crippen LogP contribution in [0.3, 0.4) is 0 Å². The zero-order valence-electron chi connectivity index (χ0n) is 11.7. The third-order valence-electron chi connectivity index (χ3n) is 6.97. The van der Waals surface area contributed by atoms with Crippen LogP contribution < -0.4 is 5.73 Å². The van der Waals surface area contributed by atoms with E-state index in [1.807, 2.05) is 0 Å². The fraction of sp³-hybridized carbons (Fsp3) is 1.00. The van der Waals surface area contributed by atoms with Crippen molar-refractivity contribution in [3.63, 3.8) is 0 Å². The topological polar surface area (TPSA) is 26.0 Å². The Balaban J connectivity index is 1.42. The highest BCUT2D eigenvalue weighted by atomic mass is 14.7. The first-order chi connectivity index (χ1) is 8.79. The second-order valence-electron chi connectivity index (χ2n) is 8.04. The quantitative estimate of drug-likeness (QED) is 0.802. The van der Waals surface area contributed by atoms with E-state index >= 15 is 0 Å². The SMILES string of the molecule is NC(CC1C2CC3CC(C2)CC1C3)C1CCCC1. The van der Waals surface area contributed by atoms with Gasteiger partial charge in [-0.25, -0.2) is 0 Å². The molecule has 0 aromatic rings. The van der Waals surface area contributed by atoms with Gasteiger partial charge in [-0.1, -0.05) is 12.8 Å². The van der Waals surface area contributed by atoms with Gasteiger partial charge in [0.2, 0.25) is 0 Å². The third-order valence-corrected chi connectivity index (χ3v) is 6.97. The van der Waals surface area contributed by atoms with E-state index < -0.39 is 0 Å². The number of hydrogen-bond acceptors (Lipinski definition) is 1. The summed E-state index contributed by atoms with van der Waals surface area (Å²) >= 11 is 0. The van der Waals surface area contributed by atoms with Gasteiger partial charge in [-0.3, -0.25) is 0 Å². The minimum absolute atomic E-state index is 0.537. The molecule has 5 saturated carbocycles. The molecule has 0 aromatic carbocycles. The van der Waals surface area contributed by atoms with Gasteiger partial charge in [0.15, 0.2) is 0 Å². The average molecular weight is 247 g/mol. The van der Waals surface area contributed by atoms with Crippen LogP contribution in [0.15, 0.2) is 0 Å². The summed E-state index contributed by atoms with van der Waals surface area (Å²) in [6.07, 6.45) is 14.9. The Hall–Kier alpha value is -0.0400. The molecule has 0 saturated heterocycles. The Morgan fingerprint density at radius 1 is 0.833 bits per heavy atom. The minimum atomic E-state index is 0.537. The fourth-order valence-corrected chi connectivity index (χ4v) is 6.32. The second kappa shape index (κ2) is 4.51. The molecule has 5 fully saturated rings. The smallest absolute Gasteiger partial charge is 0.00700 e. The van der Waals surface area contributed by atoms with E-state index in [1.54, 1.807) is 32.1 Å². The van der Waals surface area contributed by atoms with Gasteiger partial charge in [-0.05, 0) is 86.9 Å². The first-order valence-corrected chi connectivity index (χ1v) is 8.55. The Bertz CT molecular complexity index is 277. The normalized spacial score (nSPS) is 48.8. The lowest BCUT2D eigenvalue weighted by Gasteiger charge is -2.55. The summed E-state index contributed by atoms with van der Waals surface area (Å²) in [7, 11) is 0. The zero-order chi connectivity index (χ0) is 12.1. The zero-order valence-corrected chi connectivity index (χ0v) is 11.7. The van der Waals surface area contributed by atoms with Crippen molar-refractivity contribution < 1.29 is 0 Å². The van der Waals surface area contributed by atoms with Crippen molar-refractivity contribution in [2.45, 2.75) is 70.3 Å². The molecule has 0 aliphatic heterocycles. The molecule has 5 rings (SSSR count). The van der Waals surface area contributed by atoms with Gasteiger partial charge in [0.05, 0.1) is 0 Å². The van der Waals surface area contributed by atoms with Crippen LogP contribution in [0.2, 0.25) is 0 Å². The van der Waals surface area contributed by atoms with Crippen molar-refractivity contribution >= 4 is 0 Å². The molecule has 0 aromatic heterocycles. The van der Waals surface area contributed by atoms with Crippen LogP contribution in [0.25, 0.3) is 0 Å². The summed E-state index contributed by atoms with van der Waals surface area (Å²) < 4.78 is 0. The van der Waals surface area contributed by atoms with Crippen molar-refractivity contribution in [3.05, 3.63) is 0 Å². The molecular weight excluding hydrogens is 218 g/mol. The molecule has 18 heavy (non-hydrogen) atoms. The summed E-state index contributed by atoms with van der Waals surface area (Å²) in [5, 5.41) is 0. The van der Waals surface area contributed by atoms with Gasteiger partial charge in [0.1, 0.15) is 0 Å². The lowest BCUT2D eigenvalue weighted by atomic mass is 9.51. The van der Waals surface area contributed by atoms with Crippen molar-refractivity contribution in [2.75, 3.05) is 0 Å². The molecule has 1 heteroatoms. The molecule has 0 amide bonds. The third kappa shape index (κ3) is 1.94. The van der Waals surface area contributed by atoms with Gasteiger partial charge in [-0.2, -0.15) is 0 Å².